The predicted molar refractivity (Wildman–Crippen MR) is 96.0 cm³/mol. The zero-order valence-electron chi connectivity index (χ0n) is 14.9. The van der Waals surface area contributed by atoms with Crippen LogP contribution in [0.2, 0.25) is 0 Å². The minimum Gasteiger partial charge on any atom is -0.364 e. The van der Waals surface area contributed by atoms with Gasteiger partial charge in [-0.05, 0) is 29.0 Å². The van der Waals surface area contributed by atoms with Gasteiger partial charge in [-0.1, -0.05) is 45.9 Å². The molecule has 0 saturated carbocycles. The Kier molecular flexibility index (Phi) is 5.51. The summed E-state index contributed by atoms with van der Waals surface area (Å²) in [5.74, 6) is -0.446. The molecule has 0 aliphatic rings. The van der Waals surface area contributed by atoms with Crippen molar-refractivity contribution < 1.29 is 9.59 Å². The fourth-order valence-electron chi connectivity index (χ4n) is 2.59. The van der Waals surface area contributed by atoms with Crippen molar-refractivity contribution in [3.8, 4) is 0 Å². The van der Waals surface area contributed by atoms with Crippen molar-refractivity contribution in [3.63, 3.8) is 0 Å². The fraction of sp³-hybridized carbons (Fsp3) is 0.368. The van der Waals surface area contributed by atoms with Crippen LogP contribution in [0.1, 0.15) is 71.5 Å². The molecule has 0 atom stereocenters. The number of Topliss-reactive ketones (excluding diaryl/α,β-unsaturated/α-hetero) is 1. The quantitative estimate of drug-likeness (QED) is 0.817. The van der Waals surface area contributed by atoms with Gasteiger partial charge in [0.15, 0.2) is 5.78 Å². The molecule has 0 radical (unpaired) electrons. The lowest BCUT2D eigenvalue weighted by Crippen LogP contribution is -2.29. The molecule has 6 nitrogen and oxygen atoms in total. The number of benzene rings is 1. The highest BCUT2D eigenvalue weighted by atomic mass is 16.2. The Morgan fingerprint density at radius 1 is 1.08 bits per heavy atom. The largest absolute Gasteiger partial charge is 0.364 e. The molecule has 0 aliphatic heterocycles. The highest BCUT2D eigenvalue weighted by Gasteiger charge is 2.17. The first-order chi connectivity index (χ1) is 11.7. The topological polar surface area (TPSA) is 95.0 Å². The van der Waals surface area contributed by atoms with Gasteiger partial charge < -0.3 is 5.73 Å². The third kappa shape index (κ3) is 4.21. The summed E-state index contributed by atoms with van der Waals surface area (Å²) in [7, 11) is 0. The summed E-state index contributed by atoms with van der Waals surface area (Å²) in [6.07, 6.45) is 0. The van der Waals surface area contributed by atoms with Gasteiger partial charge >= 0.3 is 0 Å². The highest BCUT2D eigenvalue weighted by molar-refractivity contribution is 5.97. The Balaban J connectivity index is 2.40. The highest BCUT2D eigenvalue weighted by Crippen LogP contribution is 2.25. The van der Waals surface area contributed by atoms with Crippen molar-refractivity contribution in [2.45, 2.75) is 46.1 Å². The number of rotatable bonds is 6. The van der Waals surface area contributed by atoms with Gasteiger partial charge in [-0.15, -0.1) is 0 Å². The zero-order valence-corrected chi connectivity index (χ0v) is 14.9. The number of carbonyl (C=O) groups is 2. The molecule has 2 aromatic rings. The molecule has 6 heteroatoms. The fourth-order valence-corrected chi connectivity index (χ4v) is 2.59. The standard InChI is InChI=1S/C19H23N3O3/c1-11(2)13-5-6-14(15(9-13)12(3)4)17(23)10-22-18(24)8-7-16(21-22)19(20)25/h5-9,11-12H,10H2,1-4H3,(H2,20,25). The number of hydrogen-bond acceptors (Lipinski definition) is 4. The van der Waals surface area contributed by atoms with E-state index in [1.807, 2.05) is 26.0 Å². The molecule has 1 aromatic carbocycles. The predicted octanol–water partition coefficient (Wildman–Crippen LogP) is 2.47. The molecule has 2 N–H and O–H groups in total. The summed E-state index contributed by atoms with van der Waals surface area (Å²) >= 11 is 0. The molecule has 0 aliphatic carbocycles. The van der Waals surface area contributed by atoms with E-state index in [0.717, 1.165) is 15.8 Å². The van der Waals surface area contributed by atoms with E-state index in [0.29, 0.717) is 11.5 Å². The number of aromatic nitrogens is 2. The second-order valence-electron chi connectivity index (χ2n) is 6.66. The molecule has 0 fully saturated rings. The molecule has 0 saturated heterocycles. The summed E-state index contributed by atoms with van der Waals surface area (Å²) in [6, 6.07) is 8.21. The average Bonchev–Trinajstić information content (AvgIpc) is 2.55. The van der Waals surface area contributed by atoms with Crippen LogP contribution >= 0.6 is 0 Å². The van der Waals surface area contributed by atoms with Crippen LogP contribution in [0.3, 0.4) is 0 Å². The van der Waals surface area contributed by atoms with Crippen molar-refractivity contribution in [1.82, 2.24) is 9.78 Å². The minimum atomic E-state index is -0.745. The molecule has 2 rings (SSSR count). The van der Waals surface area contributed by atoms with Gasteiger partial charge in [0, 0.05) is 11.6 Å². The van der Waals surface area contributed by atoms with Crippen LogP contribution in [0.15, 0.2) is 35.1 Å². The first kappa shape index (κ1) is 18.6. The van der Waals surface area contributed by atoms with Gasteiger partial charge in [-0.2, -0.15) is 5.10 Å². The second kappa shape index (κ2) is 7.42. The third-order valence-electron chi connectivity index (χ3n) is 4.08. The summed E-state index contributed by atoms with van der Waals surface area (Å²) in [5.41, 5.74) is 7.34. The summed E-state index contributed by atoms with van der Waals surface area (Å²) in [4.78, 5) is 35.9. The lowest BCUT2D eigenvalue weighted by Gasteiger charge is -2.16. The maximum atomic E-state index is 12.7. The van der Waals surface area contributed by atoms with Crippen LogP contribution < -0.4 is 11.3 Å². The van der Waals surface area contributed by atoms with E-state index < -0.39 is 11.5 Å². The van der Waals surface area contributed by atoms with E-state index in [2.05, 4.69) is 18.9 Å². The number of nitrogens with two attached hydrogens (primary N) is 1. The lowest BCUT2D eigenvalue weighted by molar-refractivity contribution is 0.0953. The van der Waals surface area contributed by atoms with E-state index in [1.54, 1.807) is 6.07 Å². The summed E-state index contributed by atoms with van der Waals surface area (Å²) in [6.45, 7) is 8.00. The number of hydrogen-bond donors (Lipinski definition) is 1. The number of nitrogens with zero attached hydrogens (tertiary/aromatic N) is 2. The van der Waals surface area contributed by atoms with E-state index in [9.17, 15) is 14.4 Å². The first-order valence-electron chi connectivity index (χ1n) is 8.25. The van der Waals surface area contributed by atoms with Crippen LogP contribution in [0.5, 0.6) is 0 Å². The second-order valence-corrected chi connectivity index (χ2v) is 6.66. The molecule has 1 amide bonds. The lowest BCUT2D eigenvalue weighted by atomic mass is 9.90. The van der Waals surface area contributed by atoms with E-state index >= 15 is 0 Å². The average molecular weight is 341 g/mol. The molecule has 0 unspecified atom stereocenters. The number of carbonyl (C=O) groups excluding carboxylic acids is 2. The van der Waals surface area contributed by atoms with Crippen LogP contribution in [0.25, 0.3) is 0 Å². The normalized spacial score (nSPS) is 11.1. The maximum Gasteiger partial charge on any atom is 0.269 e. The zero-order chi connectivity index (χ0) is 18.7. The maximum absolute atomic E-state index is 12.7. The SMILES string of the molecule is CC(C)c1ccc(C(=O)Cn2nc(C(N)=O)ccc2=O)c(C(C)C)c1. The Morgan fingerprint density at radius 2 is 1.76 bits per heavy atom. The van der Waals surface area contributed by atoms with Gasteiger partial charge in [-0.25, -0.2) is 4.68 Å². The van der Waals surface area contributed by atoms with Crippen LogP contribution in [-0.4, -0.2) is 21.5 Å². The van der Waals surface area contributed by atoms with Gasteiger partial charge in [0.25, 0.3) is 11.5 Å². The van der Waals surface area contributed by atoms with E-state index in [-0.39, 0.29) is 23.9 Å². The van der Waals surface area contributed by atoms with Gasteiger partial charge in [0.05, 0.1) is 0 Å². The number of primary amides is 1. The van der Waals surface area contributed by atoms with Crippen LogP contribution in [0, 0.1) is 0 Å². The monoisotopic (exact) mass is 341 g/mol. The molecular formula is C19H23N3O3. The van der Waals surface area contributed by atoms with Crippen LogP contribution in [0.4, 0.5) is 0 Å². The minimum absolute atomic E-state index is 0.0494. The van der Waals surface area contributed by atoms with Gasteiger partial charge in [0.2, 0.25) is 0 Å². The molecule has 0 spiro atoms. The molecule has 0 bridgehead atoms. The van der Waals surface area contributed by atoms with Crippen molar-refractivity contribution in [2.24, 2.45) is 5.73 Å². The van der Waals surface area contributed by atoms with E-state index in [4.69, 9.17) is 5.73 Å². The van der Waals surface area contributed by atoms with E-state index in [1.165, 1.54) is 12.1 Å². The first-order valence-corrected chi connectivity index (χ1v) is 8.25. The summed E-state index contributed by atoms with van der Waals surface area (Å²) < 4.78 is 0.975. The molecule has 132 valence electrons. The number of ketones is 1. The molecule has 25 heavy (non-hydrogen) atoms. The van der Waals surface area contributed by atoms with Crippen molar-refractivity contribution in [1.29, 1.82) is 0 Å². The Bertz CT molecular complexity index is 866. The smallest absolute Gasteiger partial charge is 0.269 e. The Hall–Kier alpha value is -2.76. The van der Waals surface area contributed by atoms with Crippen molar-refractivity contribution in [2.75, 3.05) is 0 Å². The van der Waals surface area contributed by atoms with Gasteiger partial charge in [0.1, 0.15) is 12.2 Å². The molecule has 1 heterocycles. The van der Waals surface area contributed by atoms with Crippen LogP contribution in [-0.2, 0) is 6.54 Å². The van der Waals surface area contributed by atoms with Crippen molar-refractivity contribution in [3.05, 3.63) is 63.1 Å². The van der Waals surface area contributed by atoms with Gasteiger partial charge in [-0.3, -0.25) is 14.4 Å². The molecule has 1 aromatic heterocycles. The molecular weight excluding hydrogens is 318 g/mol. The summed E-state index contributed by atoms with van der Waals surface area (Å²) in [5, 5.41) is 3.87. The Labute approximate surface area is 146 Å². The van der Waals surface area contributed by atoms with Crippen molar-refractivity contribution >= 4 is 11.7 Å². The number of amides is 1. The Morgan fingerprint density at radius 3 is 2.32 bits per heavy atom. The third-order valence-corrected chi connectivity index (χ3v) is 4.08.